The van der Waals surface area contributed by atoms with Gasteiger partial charge in [-0.1, -0.05) is 24.3 Å². The summed E-state index contributed by atoms with van der Waals surface area (Å²) in [6, 6.07) is 25.4. The third kappa shape index (κ3) is 4.91. The smallest absolute Gasteiger partial charge is 0.250 e. The van der Waals surface area contributed by atoms with Gasteiger partial charge in [-0.05, 0) is 66.8 Å². The number of anilines is 2. The molecule has 0 saturated carbocycles. The topological polar surface area (TPSA) is 80.7 Å². The van der Waals surface area contributed by atoms with Gasteiger partial charge in [0.25, 0.3) is 0 Å². The van der Waals surface area contributed by atoms with Crippen molar-refractivity contribution in [3.05, 3.63) is 103 Å². The van der Waals surface area contributed by atoms with Gasteiger partial charge in [0.1, 0.15) is 18.4 Å². The number of pyridine rings is 1. The predicted octanol–water partition coefficient (Wildman–Crippen LogP) is 4.64. The van der Waals surface area contributed by atoms with Crippen LogP contribution in [0.15, 0.2) is 91.3 Å². The fraction of sp³-hybridized carbons (Fsp3) is 0.179. The molecule has 0 spiro atoms. The summed E-state index contributed by atoms with van der Waals surface area (Å²) in [6.45, 7) is -0.0635. The zero-order chi connectivity index (χ0) is 25.8. The molecule has 3 heterocycles. The van der Waals surface area contributed by atoms with Gasteiger partial charge in [0.15, 0.2) is 5.11 Å². The van der Waals surface area contributed by atoms with Gasteiger partial charge >= 0.3 is 0 Å². The predicted molar refractivity (Wildman–Crippen MR) is 147 cm³/mol. The Morgan fingerprint density at radius 2 is 1.84 bits per heavy atom. The average molecular weight is 514 g/mol. The molecule has 8 nitrogen and oxygen atoms in total. The summed E-state index contributed by atoms with van der Waals surface area (Å²) in [6.07, 6.45) is 3.83. The summed E-state index contributed by atoms with van der Waals surface area (Å²) < 4.78 is 12.6. The van der Waals surface area contributed by atoms with Gasteiger partial charge in [0, 0.05) is 36.6 Å². The van der Waals surface area contributed by atoms with Crippen LogP contribution in [0.25, 0.3) is 5.69 Å². The zero-order valence-corrected chi connectivity index (χ0v) is 21.3. The number of para-hydroxylation sites is 1. The summed E-state index contributed by atoms with van der Waals surface area (Å²) in [5, 5.41) is 6.92. The van der Waals surface area contributed by atoms with Crippen molar-refractivity contribution in [3.63, 3.8) is 0 Å². The van der Waals surface area contributed by atoms with Gasteiger partial charge in [-0.25, -0.2) is 0 Å². The minimum absolute atomic E-state index is 0.0635. The number of rotatable bonds is 8. The molecule has 0 aliphatic carbocycles. The standard InChI is InChI=1S/C28H27N5O3S/c1-35-18-25(34)30-22-17-20(13-14-24(22)36-2)33-27(26(31-28(33)37)21-11-6-7-15-29-21)23-12-8-16-32(23)19-9-4-3-5-10-19/h3-17,26-27H,18H2,1-2H3,(H,30,34)(H,31,37)/t26-,27-/m1/s1. The number of ether oxygens (including phenoxy) is 2. The molecule has 2 aromatic carbocycles. The minimum atomic E-state index is -0.277. The van der Waals surface area contributed by atoms with Crippen LogP contribution in [-0.2, 0) is 9.53 Å². The molecule has 188 valence electrons. The van der Waals surface area contributed by atoms with Gasteiger partial charge in [0.2, 0.25) is 5.91 Å². The molecule has 0 unspecified atom stereocenters. The number of nitrogens with one attached hydrogen (secondary N) is 2. The molecule has 2 aromatic heterocycles. The molecular formula is C28H27N5O3S. The van der Waals surface area contributed by atoms with E-state index in [1.54, 1.807) is 13.3 Å². The maximum absolute atomic E-state index is 12.3. The van der Waals surface area contributed by atoms with Gasteiger partial charge in [-0.3, -0.25) is 9.78 Å². The second-order valence-corrected chi connectivity index (χ2v) is 8.89. The molecule has 0 radical (unpaired) electrons. The van der Waals surface area contributed by atoms with Crippen LogP contribution in [0.3, 0.4) is 0 Å². The van der Waals surface area contributed by atoms with Crippen LogP contribution >= 0.6 is 12.2 Å². The van der Waals surface area contributed by atoms with Crippen LogP contribution in [-0.4, -0.2) is 41.4 Å². The molecule has 1 amide bonds. The highest BCUT2D eigenvalue weighted by Crippen LogP contribution is 2.43. The molecule has 0 bridgehead atoms. The lowest BCUT2D eigenvalue weighted by Gasteiger charge is -2.29. The molecule has 9 heteroatoms. The molecule has 4 aromatic rings. The van der Waals surface area contributed by atoms with Gasteiger partial charge in [-0.2, -0.15) is 0 Å². The molecule has 1 aliphatic heterocycles. The normalized spacial score (nSPS) is 16.9. The summed E-state index contributed by atoms with van der Waals surface area (Å²) in [5.74, 6) is 0.262. The van der Waals surface area contributed by atoms with E-state index in [2.05, 4.69) is 43.3 Å². The van der Waals surface area contributed by atoms with Crippen molar-refractivity contribution in [2.45, 2.75) is 12.1 Å². The van der Waals surface area contributed by atoms with E-state index in [0.717, 1.165) is 22.8 Å². The second-order valence-electron chi connectivity index (χ2n) is 8.50. The fourth-order valence-corrected chi connectivity index (χ4v) is 5.00. The van der Waals surface area contributed by atoms with Crippen molar-refractivity contribution in [3.8, 4) is 11.4 Å². The molecule has 2 N–H and O–H groups in total. The van der Waals surface area contributed by atoms with E-state index in [4.69, 9.17) is 21.7 Å². The first-order valence-corrected chi connectivity index (χ1v) is 12.2. The summed E-state index contributed by atoms with van der Waals surface area (Å²) >= 11 is 5.88. The third-order valence-electron chi connectivity index (χ3n) is 6.23. The minimum Gasteiger partial charge on any atom is -0.495 e. The molecule has 1 fully saturated rings. The largest absolute Gasteiger partial charge is 0.495 e. The Bertz CT molecular complexity index is 1390. The number of carbonyl (C=O) groups is 1. The molecule has 5 rings (SSSR count). The second kappa shape index (κ2) is 10.8. The van der Waals surface area contributed by atoms with E-state index in [0.29, 0.717) is 16.5 Å². The third-order valence-corrected chi connectivity index (χ3v) is 6.54. The Kier molecular flexibility index (Phi) is 7.16. The quantitative estimate of drug-likeness (QED) is 0.332. The van der Waals surface area contributed by atoms with Crippen molar-refractivity contribution in [2.75, 3.05) is 31.0 Å². The van der Waals surface area contributed by atoms with Crippen molar-refractivity contribution in [1.29, 1.82) is 0 Å². The Balaban J connectivity index is 1.62. The molecule has 1 aliphatic rings. The van der Waals surface area contributed by atoms with Gasteiger partial charge in [-0.15, -0.1) is 0 Å². The summed E-state index contributed by atoms with van der Waals surface area (Å²) in [4.78, 5) is 19.0. The lowest BCUT2D eigenvalue weighted by Crippen LogP contribution is -2.30. The Hall–Kier alpha value is -4.21. The van der Waals surface area contributed by atoms with Gasteiger partial charge < -0.3 is 29.6 Å². The SMILES string of the molecule is COCC(=O)Nc1cc(N2C(=S)N[C@H](c3ccccn3)[C@H]2c2cccn2-c2ccccc2)ccc1OC. The molecular weight excluding hydrogens is 486 g/mol. The summed E-state index contributed by atoms with van der Waals surface area (Å²) in [5.41, 5.74) is 4.29. The van der Waals surface area contributed by atoms with Crippen LogP contribution < -0.4 is 20.3 Å². The van der Waals surface area contributed by atoms with Crippen molar-refractivity contribution in [1.82, 2.24) is 14.9 Å². The first-order chi connectivity index (χ1) is 18.1. The number of thiocarbonyl (C=S) groups is 1. The average Bonchev–Trinajstić information content (AvgIpc) is 3.54. The van der Waals surface area contributed by atoms with Crippen LogP contribution in [0.1, 0.15) is 23.5 Å². The number of methoxy groups -OCH3 is 2. The Labute approximate surface area is 220 Å². The monoisotopic (exact) mass is 513 g/mol. The first kappa shape index (κ1) is 24.5. The fourth-order valence-electron chi connectivity index (χ4n) is 4.65. The molecule has 2 atom stereocenters. The van der Waals surface area contributed by atoms with Gasteiger partial charge in [0.05, 0.1) is 24.5 Å². The van der Waals surface area contributed by atoms with Crippen LogP contribution in [0.4, 0.5) is 11.4 Å². The van der Waals surface area contributed by atoms with Crippen LogP contribution in [0, 0.1) is 0 Å². The Morgan fingerprint density at radius 3 is 2.57 bits per heavy atom. The lowest BCUT2D eigenvalue weighted by molar-refractivity contribution is -0.119. The van der Waals surface area contributed by atoms with E-state index in [1.807, 2.05) is 66.9 Å². The lowest BCUT2D eigenvalue weighted by atomic mass is 10.0. The van der Waals surface area contributed by atoms with Crippen molar-refractivity contribution < 1.29 is 14.3 Å². The van der Waals surface area contributed by atoms with E-state index >= 15 is 0 Å². The number of carbonyl (C=O) groups excluding carboxylic acids is 1. The number of amides is 1. The van der Waals surface area contributed by atoms with Crippen LogP contribution in [0.5, 0.6) is 5.75 Å². The molecule has 37 heavy (non-hydrogen) atoms. The highest BCUT2D eigenvalue weighted by Gasteiger charge is 2.42. The molecule has 1 saturated heterocycles. The van der Waals surface area contributed by atoms with Crippen LogP contribution in [0.2, 0.25) is 0 Å². The van der Waals surface area contributed by atoms with Crippen molar-refractivity contribution in [2.24, 2.45) is 0 Å². The number of nitrogens with zero attached hydrogens (tertiary/aromatic N) is 3. The highest BCUT2D eigenvalue weighted by atomic mass is 32.1. The number of hydrogen-bond acceptors (Lipinski definition) is 5. The number of aromatic nitrogens is 2. The zero-order valence-electron chi connectivity index (χ0n) is 20.5. The first-order valence-electron chi connectivity index (χ1n) is 11.8. The van der Waals surface area contributed by atoms with E-state index < -0.39 is 0 Å². The van der Waals surface area contributed by atoms with E-state index in [1.165, 1.54) is 7.11 Å². The summed E-state index contributed by atoms with van der Waals surface area (Å²) in [7, 11) is 3.04. The van der Waals surface area contributed by atoms with E-state index in [9.17, 15) is 4.79 Å². The number of benzene rings is 2. The maximum Gasteiger partial charge on any atom is 0.250 e. The maximum atomic E-state index is 12.3. The number of hydrogen-bond donors (Lipinski definition) is 2. The van der Waals surface area contributed by atoms with Crippen molar-refractivity contribution >= 4 is 34.6 Å². The Morgan fingerprint density at radius 1 is 1.03 bits per heavy atom. The highest BCUT2D eigenvalue weighted by molar-refractivity contribution is 7.80. The van der Waals surface area contributed by atoms with E-state index in [-0.39, 0.29) is 24.6 Å².